The maximum Gasteiger partial charge on any atom is 0.142 e. The highest BCUT2D eigenvalue weighted by Gasteiger charge is 2.05. The van der Waals surface area contributed by atoms with Gasteiger partial charge in [-0.25, -0.2) is 0 Å². The maximum atomic E-state index is 6.05. The lowest BCUT2D eigenvalue weighted by Gasteiger charge is -2.13. The lowest BCUT2D eigenvalue weighted by Crippen LogP contribution is -2.08. The van der Waals surface area contributed by atoms with Gasteiger partial charge in [-0.3, -0.25) is 0 Å². The Bertz CT molecular complexity index is 627. The molecule has 0 bridgehead atoms. The first-order valence-electron chi connectivity index (χ1n) is 8.02. The van der Waals surface area contributed by atoms with Crippen LogP contribution in [-0.4, -0.2) is 19.8 Å². The monoisotopic (exact) mass is 314 g/mol. The van der Waals surface area contributed by atoms with Gasteiger partial charge in [0, 0.05) is 6.54 Å². The van der Waals surface area contributed by atoms with Gasteiger partial charge in [-0.2, -0.15) is 0 Å². The van der Waals surface area contributed by atoms with Crippen LogP contribution in [0.4, 0.5) is 11.4 Å². The number of ether oxygens (including phenoxy) is 2. The summed E-state index contributed by atoms with van der Waals surface area (Å²) in [6.45, 7) is 4.87. The normalized spacial score (nSPS) is 10.6. The lowest BCUT2D eigenvalue weighted by atomic mass is 10.1. The summed E-state index contributed by atoms with van der Waals surface area (Å²) < 4.78 is 11.0. The van der Waals surface area contributed by atoms with E-state index in [-0.39, 0.29) is 6.10 Å². The molecular formula is C19H26N2O2. The number of rotatable bonds is 8. The fraction of sp³-hybridized carbons (Fsp3) is 0.368. The number of hydrogen-bond acceptors (Lipinski definition) is 4. The Kier molecular flexibility index (Phi) is 6.15. The Labute approximate surface area is 138 Å². The second-order valence-corrected chi connectivity index (χ2v) is 5.77. The molecule has 2 rings (SSSR count). The SMILES string of the molecule is COc1ccccc1NCCCc1ccc(OC(C)C)c(N)c1. The summed E-state index contributed by atoms with van der Waals surface area (Å²) in [6, 6.07) is 14.0. The van der Waals surface area contributed by atoms with Gasteiger partial charge < -0.3 is 20.5 Å². The van der Waals surface area contributed by atoms with Crippen molar-refractivity contribution < 1.29 is 9.47 Å². The van der Waals surface area contributed by atoms with E-state index in [2.05, 4.69) is 11.4 Å². The quantitative estimate of drug-likeness (QED) is 0.569. The highest BCUT2D eigenvalue weighted by atomic mass is 16.5. The van der Waals surface area contributed by atoms with E-state index in [9.17, 15) is 0 Å². The van der Waals surface area contributed by atoms with Crippen LogP contribution >= 0.6 is 0 Å². The molecule has 0 unspecified atom stereocenters. The van der Waals surface area contributed by atoms with Gasteiger partial charge in [0.05, 0.1) is 24.6 Å². The summed E-state index contributed by atoms with van der Waals surface area (Å²) in [5.41, 5.74) is 8.99. The molecule has 0 aliphatic carbocycles. The second-order valence-electron chi connectivity index (χ2n) is 5.77. The van der Waals surface area contributed by atoms with Gasteiger partial charge in [0.2, 0.25) is 0 Å². The van der Waals surface area contributed by atoms with Crippen LogP contribution in [0.2, 0.25) is 0 Å². The Morgan fingerprint density at radius 1 is 1.09 bits per heavy atom. The molecular weight excluding hydrogens is 288 g/mol. The standard InChI is InChI=1S/C19H26N2O2/c1-14(2)23-18-11-10-15(13-16(18)20)7-6-12-21-17-8-4-5-9-19(17)22-3/h4-5,8-11,13-14,21H,6-7,12,20H2,1-3H3. The molecule has 2 aromatic rings. The summed E-state index contributed by atoms with van der Waals surface area (Å²) in [4.78, 5) is 0. The van der Waals surface area contributed by atoms with Crippen LogP contribution in [-0.2, 0) is 6.42 Å². The Morgan fingerprint density at radius 2 is 1.87 bits per heavy atom. The van der Waals surface area contributed by atoms with Crippen LogP contribution in [0.5, 0.6) is 11.5 Å². The van der Waals surface area contributed by atoms with E-state index in [1.165, 1.54) is 5.56 Å². The van der Waals surface area contributed by atoms with Crippen molar-refractivity contribution in [1.29, 1.82) is 0 Å². The van der Waals surface area contributed by atoms with Crippen LogP contribution in [0.25, 0.3) is 0 Å². The third-order valence-electron chi connectivity index (χ3n) is 3.50. The molecule has 0 aliphatic rings. The van der Waals surface area contributed by atoms with Crippen LogP contribution < -0.4 is 20.5 Å². The van der Waals surface area contributed by atoms with E-state index in [0.717, 1.165) is 36.6 Å². The number of nitrogens with one attached hydrogen (secondary N) is 1. The number of nitrogen functional groups attached to an aromatic ring is 1. The molecule has 4 nitrogen and oxygen atoms in total. The molecule has 0 spiro atoms. The van der Waals surface area contributed by atoms with Crippen molar-refractivity contribution in [2.75, 3.05) is 24.7 Å². The first kappa shape index (κ1) is 17.0. The van der Waals surface area contributed by atoms with Gasteiger partial charge in [-0.1, -0.05) is 18.2 Å². The molecule has 0 saturated heterocycles. The molecule has 0 amide bonds. The smallest absolute Gasteiger partial charge is 0.142 e. The topological polar surface area (TPSA) is 56.5 Å². The molecule has 0 aliphatic heterocycles. The number of hydrogen-bond donors (Lipinski definition) is 2. The molecule has 0 saturated carbocycles. The van der Waals surface area contributed by atoms with Crippen molar-refractivity contribution in [3.63, 3.8) is 0 Å². The minimum atomic E-state index is 0.133. The minimum absolute atomic E-state index is 0.133. The summed E-state index contributed by atoms with van der Waals surface area (Å²) in [6.07, 6.45) is 2.11. The average molecular weight is 314 g/mol. The van der Waals surface area contributed by atoms with E-state index in [4.69, 9.17) is 15.2 Å². The van der Waals surface area contributed by atoms with Crippen LogP contribution in [0.3, 0.4) is 0 Å². The summed E-state index contributed by atoms with van der Waals surface area (Å²) in [7, 11) is 1.68. The van der Waals surface area contributed by atoms with Crippen LogP contribution in [0, 0.1) is 0 Å². The first-order valence-corrected chi connectivity index (χ1v) is 8.02. The van der Waals surface area contributed by atoms with E-state index in [0.29, 0.717) is 5.69 Å². The third-order valence-corrected chi connectivity index (χ3v) is 3.50. The van der Waals surface area contributed by atoms with E-state index >= 15 is 0 Å². The molecule has 0 atom stereocenters. The number of benzene rings is 2. The second kappa shape index (κ2) is 8.32. The van der Waals surface area contributed by atoms with Gasteiger partial charge >= 0.3 is 0 Å². The number of nitrogens with two attached hydrogens (primary N) is 1. The third kappa shape index (κ3) is 5.09. The number of anilines is 2. The van der Waals surface area contributed by atoms with Gasteiger partial charge in [0.15, 0.2) is 0 Å². The van der Waals surface area contributed by atoms with E-state index < -0.39 is 0 Å². The van der Waals surface area contributed by atoms with Crippen molar-refractivity contribution >= 4 is 11.4 Å². The Morgan fingerprint density at radius 3 is 2.57 bits per heavy atom. The molecule has 124 valence electrons. The first-order chi connectivity index (χ1) is 11.1. The molecule has 23 heavy (non-hydrogen) atoms. The molecule has 0 heterocycles. The highest BCUT2D eigenvalue weighted by molar-refractivity contribution is 5.56. The summed E-state index contributed by atoms with van der Waals surface area (Å²) in [5, 5.41) is 3.41. The highest BCUT2D eigenvalue weighted by Crippen LogP contribution is 2.25. The molecule has 2 aromatic carbocycles. The number of aryl methyl sites for hydroxylation is 1. The van der Waals surface area contributed by atoms with Crippen molar-refractivity contribution in [3.05, 3.63) is 48.0 Å². The zero-order chi connectivity index (χ0) is 16.7. The lowest BCUT2D eigenvalue weighted by molar-refractivity contribution is 0.244. The summed E-state index contributed by atoms with van der Waals surface area (Å²) in [5.74, 6) is 1.63. The Hall–Kier alpha value is -2.36. The van der Waals surface area contributed by atoms with Crippen molar-refractivity contribution in [2.45, 2.75) is 32.8 Å². The van der Waals surface area contributed by atoms with Crippen molar-refractivity contribution in [2.24, 2.45) is 0 Å². The average Bonchev–Trinajstić information content (AvgIpc) is 2.54. The zero-order valence-electron chi connectivity index (χ0n) is 14.1. The predicted molar refractivity (Wildman–Crippen MR) is 96.4 cm³/mol. The van der Waals surface area contributed by atoms with Gasteiger partial charge in [0.25, 0.3) is 0 Å². The van der Waals surface area contributed by atoms with Gasteiger partial charge in [-0.15, -0.1) is 0 Å². The number of methoxy groups -OCH3 is 1. The molecule has 0 fully saturated rings. The molecule has 3 N–H and O–H groups in total. The fourth-order valence-corrected chi connectivity index (χ4v) is 2.42. The minimum Gasteiger partial charge on any atom is -0.495 e. The number of para-hydroxylation sites is 2. The van der Waals surface area contributed by atoms with Crippen LogP contribution in [0.15, 0.2) is 42.5 Å². The summed E-state index contributed by atoms with van der Waals surface area (Å²) >= 11 is 0. The zero-order valence-corrected chi connectivity index (χ0v) is 14.1. The molecule has 0 aromatic heterocycles. The van der Waals surface area contributed by atoms with Crippen molar-refractivity contribution in [3.8, 4) is 11.5 Å². The van der Waals surface area contributed by atoms with Gasteiger partial charge in [-0.05, 0) is 56.5 Å². The van der Waals surface area contributed by atoms with E-state index in [1.807, 2.05) is 50.2 Å². The van der Waals surface area contributed by atoms with Gasteiger partial charge in [0.1, 0.15) is 11.5 Å². The Balaban J connectivity index is 1.83. The largest absolute Gasteiger partial charge is 0.495 e. The predicted octanol–water partition coefficient (Wildman–Crippen LogP) is 4.11. The molecule has 0 radical (unpaired) electrons. The maximum absolute atomic E-state index is 6.05. The molecule has 4 heteroatoms. The van der Waals surface area contributed by atoms with Crippen molar-refractivity contribution in [1.82, 2.24) is 0 Å². The van der Waals surface area contributed by atoms with E-state index in [1.54, 1.807) is 7.11 Å². The van der Waals surface area contributed by atoms with Crippen LogP contribution in [0.1, 0.15) is 25.8 Å². The fourth-order valence-electron chi connectivity index (χ4n) is 2.42.